The Morgan fingerprint density at radius 2 is 1.37 bits per heavy atom. The fraction of sp³-hybridized carbons (Fsp3) is 0.0625. The maximum Gasteiger partial charge on any atom is 0.264 e. The largest absolute Gasteiger partial charge is 0.268 e. The van der Waals surface area contributed by atoms with Crippen LogP contribution in [0.15, 0.2) is 73.3 Å². The van der Waals surface area contributed by atoms with E-state index in [2.05, 4.69) is 6.58 Å². The number of hydrazine groups is 1. The van der Waals surface area contributed by atoms with Crippen molar-refractivity contribution in [2.75, 3.05) is 12.1 Å². The highest BCUT2D eigenvalue weighted by Crippen LogP contribution is 2.26. The van der Waals surface area contributed by atoms with Gasteiger partial charge in [-0.05, 0) is 30.3 Å². The molecule has 0 atom stereocenters. The molecule has 0 spiro atoms. The van der Waals surface area contributed by atoms with Gasteiger partial charge >= 0.3 is 0 Å². The van der Waals surface area contributed by atoms with Crippen molar-refractivity contribution in [1.82, 2.24) is 5.01 Å². The monoisotopic (exact) mass is 252 g/mol. The van der Waals surface area contributed by atoms with Gasteiger partial charge in [0.25, 0.3) is 5.91 Å². The lowest BCUT2D eigenvalue weighted by Crippen LogP contribution is -2.39. The number of amides is 1. The molecule has 0 aliphatic carbocycles. The van der Waals surface area contributed by atoms with Crippen LogP contribution in [0.4, 0.5) is 11.4 Å². The van der Waals surface area contributed by atoms with E-state index in [1.165, 1.54) is 11.1 Å². The molecule has 0 saturated carbocycles. The van der Waals surface area contributed by atoms with E-state index in [9.17, 15) is 4.79 Å². The summed E-state index contributed by atoms with van der Waals surface area (Å²) in [5.41, 5.74) is 1.85. The number of hydrogen-bond acceptors (Lipinski definition) is 2. The van der Waals surface area contributed by atoms with Crippen molar-refractivity contribution in [2.45, 2.75) is 0 Å². The first-order chi connectivity index (χ1) is 9.24. The average molecular weight is 252 g/mol. The molecule has 3 heteroatoms. The van der Waals surface area contributed by atoms with E-state index < -0.39 is 0 Å². The van der Waals surface area contributed by atoms with Crippen LogP contribution in [0.25, 0.3) is 0 Å². The molecular formula is C16H16N2O. The molecule has 2 aromatic rings. The van der Waals surface area contributed by atoms with Gasteiger partial charge in [0.15, 0.2) is 0 Å². The molecule has 0 radical (unpaired) electrons. The van der Waals surface area contributed by atoms with Crippen molar-refractivity contribution in [2.24, 2.45) is 0 Å². The Hall–Kier alpha value is -2.55. The van der Waals surface area contributed by atoms with E-state index in [4.69, 9.17) is 0 Å². The van der Waals surface area contributed by atoms with Gasteiger partial charge in [-0.3, -0.25) is 9.80 Å². The average Bonchev–Trinajstić information content (AvgIpc) is 2.49. The molecule has 2 rings (SSSR count). The number of benzene rings is 2. The molecule has 0 heterocycles. The van der Waals surface area contributed by atoms with Crippen molar-refractivity contribution in [3.63, 3.8) is 0 Å². The maximum atomic E-state index is 11.9. The minimum absolute atomic E-state index is 0.160. The number of hydrogen-bond donors (Lipinski definition) is 0. The highest BCUT2D eigenvalue weighted by Gasteiger charge is 2.17. The normalized spacial score (nSPS) is 9.74. The fourth-order valence-corrected chi connectivity index (χ4v) is 1.86. The highest BCUT2D eigenvalue weighted by atomic mass is 16.2. The van der Waals surface area contributed by atoms with Crippen LogP contribution in [0.5, 0.6) is 0 Å². The van der Waals surface area contributed by atoms with Crippen LogP contribution in [-0.2, 0) is 4.79 Å². The van der Waals surface area contributed by atoms with Crippen LogP contribution in [0, 0.1) is 0 Å². The number of rotatable bonds is 4. The third kappa shape index (κ3) is 2.83. The van der Waals surface area contributed by atoms with Gasteiger partial charge in [0.1, 0.15) is 0 Å². The van der Waals surface area contributed by atoms with Crippen LogP contribution in [0.3, 0.4) is 0 Å². The first kappa shape index (κ1) is 12.9. The minimum Gasteiger partial charge on any atom is -0.268 e. The predicted octanol–water partition coefficient (Wildman–Crippen LogP) is 3.38. The van der Waals surface area contributed by atoms with Gasteiger partial charge in [-0.2, -0.15) is 0 Å². The van der Waals surface area contributed by atoms with Crippen LogP contribution < -0.4 is 5.01 Å². The van der Waals surface area contributed by atoms with Gasteiger partial charge in [0.2, 0.25) is 0 Å². The summed E-state index contributed by atoms with van der Waals surface area (Å²) in [4.78, 5) is 11.9. The van der Waals surface area contributed by atoms with Crippen molar-refractivity contribution >= 4 is 17.3 Å². The molecule has 0 N–H and O–H groups in total. The molecule has 0 saturated heterocycles. The molecule has 0 aromatic heterocycles. The molecule has 0 unspecified atom stereocenters. The zero-order valence-corrected chi connectivity index (χ0v) is 10.9. The zero-order chi connectivity index (χ0) is 13.7. The van der Waals surface area contributed by atoms with E-state index >= 15 is 0 Å². The fourth-order valence-electron chi connectivity index (χ4n) is 1.86. The van der Waals surface area contributed by atoms with Gasteiger partial charge in [-0.25, -0.2) is 5.01 Å². The third-order valence-electron chi connectivity index (χ3n) is 2.80. The first-order valence-electron chi connectivity index (χ1n) is 6.04. The van der Waals surface area contributed by atoms with E-state index in [-0.39, 0.29) is 5.91 Å². The summed E-state index contributed by atoms with van der Waals surface area (Å²) in [6.07, 6.45) is 1.30. The van der Waals surface area contributed by atoms with E-state index in [0.717, 1.165) is 11.4 Å². The Kier molecular flexibility index (Phi) is 3.98. The van der Waals surface area contributed by atoms with Gasteiger partial charge in [0, 0.05) is 7.05 Å². The Labute approximate surface area is 113 Å². The summed E-state index contributed by atoms with van der Waals surface area (Å²) in [6.45, 7) is 3.53. The second-order valence-corrected chi connectivity index (χ2v) is 4.05. The molecule has 1 amide bonds. The number of anilines is 2. The first-order valence-corrected chi connectivity index (χ1v) is 6.04. The zero-order valence-electron chi connectivity index (χ0n) is 10.9. The summed E-state index contributed by atoms with van der Waals surface area (Å²) in [5, 5.41) is 3.39. The number of likely N-dealkylation sites (N-methyl/N-ethyl adjacent to an activating group) is 1. The Balaban J connectivity index is 2.45. The summed E-state index contributed by atoms with van der Waals surface area (Å²) in [6, 6.07) is 19.5. The molecule has 19 heavy (non-hydrogen) atoms. The van der Waals surface area contributed by atoms with Gasteiger partial charge in [-0.1, -0.05) is 43.0 Å². The molecule has 2 aromatic carbocycles. The third-order valence-corrected chi connectivity index (χ3v) is 2.80. The molecular weight excluding hydrogens is 236 g/mol. The number of carbonyl (C=O) groups excluding carboxylic acids is 1. The quantitative estimate of drug-likeness (QED) is 0.615. The van der Waals surface area contributed by atoms with Gasteiger partial charge in [-0.15, -0.1) is 0 Å². The lowest BCUT2D eigenvalue weighted by Gasteiger charge is -2.33. The molecule has 0 fully saturated rings. The second kappa shape index (κ2) is 5.87. The van der Waals surface area contributed by atoms with Crippen LogP contribution in [0.2, 0.25) is 0 Å². The van der Waals surface area contributed by atoms with Crippen LogP contribution in [0.1, 0.15) is 0 Å². The van der Waals surface area contributed by atoms with Crippen molar-refractivity contribution in [1.29, 1.82) is 0 Å². The minimum atomic E-state index is -0.160. The summed E-state index contributed by atoms with van der Waals surface area (Å²) >= 11 is 0. The molecule has 0 aliphatic heterocycles. The highest BCUT2D eigenvalue weighted by molar-refractivity contribution is 5.89. The Bertz CT molecular complexity index is 512. The predicted molar refractivity (Wildman–Crippen MR) is 78.0 cm³/mol. The summed E-state index contributed by atoms with van der Waals surface area (Å²) in [5.74, 6) is -0.160. The van der Waals surface area contributed by atoms with E-state index in [0.29, 0.717) is 0 Å². The maximum absolute atomic E-state index is 11.9. The summed E-state index contributed by atoms with van der Waals surface area (Å²) in [7, 11) is 1.73. The van der Waals surface area contributed by atoms with E-state index in [1.54, 1.807) is 7.05 Å². The number of carbonyl (C=O) groups is 1. The smallest absolute Gasteiger partial charge is 0.264 e. The molecule has 0 bridgehead atoms. The van der Waals surface area contributed by atoms with Crippen molar-refractivity contribution in [3.05, 3.63) is 73.3 Å². The lowest BCUT2D eigenvalue weighted by molar-refractivity contribution is -0.124. The topological polar surface area (TPSA) is 23.6 Å². The molecule has 3 nitrogen and oxygen atoms in total. The lowest BCUT2D eigenvalue weighted by atomic mass is 10.2. The van der Waals surface area contributed by atoms with Crippen molar-refractivity contribution < 1.29 is 4.79 Å². The number of nitrogens with zero attached hydrogens (tertiary/aromatic N) is 2. The van der Waals surface area contributed by atoms with Gasteiger partial charge in [0.05, 0.1) is 11.4 Å². The Morgan fingerprint density at radius 1 is 0.947 bits per heavy atom. The second-order valence-electron chi connectivity index (χ2n) is 4.05. The van der Waals surface area contributed by atoms with E-state index in [1.807, 2.05) is 65.7 Å². The molecule has 96 valence electrons. The molecule has 0 aliphatic rings. The van der Waals surface area contributed by atoms with Crippen LogP contribution >= 0.6 is 0 Å². The standard InChI is InChI=1S/C16H16N2O/c1-3-16(19)17(2)18(14-10-6-4-7-11-14)15-12-8-5-9-13-15/h3-13H,1H2,2H3. The Morgan fingerprint density at radius 3 is 1.74 bits per heavy atom. The van der Waals surface area contributed by atoms with Crippen molar-refractivity contribution in [3.8, 4) is 0 Å². The van der Waals surface area contributed by atoms with Crippen LogP contribution in [-0.4, -0.2) is 18.0 Å². The number of para-hydroxylation sites is 2. The summed E-state index contributed by atoms with van der Waals surface area (Å²) < 4.78 is 0. The van der Waals surface area contributed by atoms with Gasteiger partial charge < -0.3 is 0 Å². The SMILES string of the molecule is C=CC(=O)N(C)N(c1ccccc1)c1ccccc1.